The van der Waals surface area contributed by atoms with E-state index in [0.29, 0.717) is 18.6 Å². The van der Waals surface area contributed by atoms with Crippen LogP contribution in [0.25, 0.3) is 6.08 Å². The van der Waals surface area contributed by atoms with E-state index in [1.165, 1.54) is 0 Å². The van der Waals surface area contributed by atoms with E-state index >= 15 is 0 Å². The summed E-state index contributed by atoms with van der Waals surface area (Å²) in [5, 5.41) is 0. The number of allylic oxidation sites excluding steroid dienone is 3. The lowest BCUT2D eigenvalue weighted by molar-refractivity contribution is -0.132. The fourth-order valence-corrected chi connectivity index (χ4v) is 3.82. The molecule has 5 nitrogen and oxygen atoms in total. The maximum absolute atomic E-state index is 15.0. The summed E-state index contributed by atoms with van der Waals surface area (Å²) in [4.78, 5) is 21.1. The van der Waals surface area contributed by atoms with Crippen molar-refractivity contribution in [2.45, 2.75) is 40.5 Å². The number of carbonyl (C=O) groups excluding carboxylic acids is 1. The lowest BCUT2D eigenvalue weighted by Gasteiger charge is -2.34. The fourth-order valence-electron chi connectivity index (χ4n) is 3.82. The molecule has 0 bridgehead atoms. The fraction of sp³-hybridized carbons (Fsp3) is 0.524. The van der Waals surface area contributed by atoms with Crippen molar-refractivity contribution in [3.63, 3.8) is 0 Å². The third-order valence-corrected chi connectivity index (χ3v) is 5.74. The zero-order valence-electron chi connectivity index (χ0n) is 17.4. The molecule has 0 aromatic carbocycles. The summed E-state index contributed by atoms with van der Waals surface area (Å²) in [6, 6.07) is 3.83. The number of hydrogen-bond acceptors (Lipinski definition) is 3. The van der Waals surface area contributed by atoms with Gasteiger partial charge in [-0.2, -0.15) is 0 Å². The molecule has 1 fully saturated rings. The Morgan fingerprint density at radius 2 is 1.79 bits per heavy atom. The molecule has 1 aromatic rings. The van der Waals surface area contributed by atoms with Gasteiger partial charge in [0.2, 0.25) is 5.91 Å². The highest BCUT2D eigenvalue weighted by Crippen LogP contribution is 2.21. The van der Waals surface area contributed by atoms with E-state index in [9.17, 15) is 9.11 Å². The molecule has 0 N–H and O–H groups in total. The van der Waals surface area contributed by atoms with Crippen LogP contribution in [0.4, 0.5) is 4.32 Å². The van der Waals surface area contributed by atoms with Crippen molar-refractivity contribution in [1.82, 2.24) is 14.3 Å². The summed E-state index contributed by atoms with van der Waals surface area (Å²) in [5.74, 6) is 0.147. The minimum absolute atomic E-state index is 0.147. The number of aromatic nitrogens is 1. The van der Waals surface area contributed by atoms with Crippen molar-refractivity contribution in [3.05, 3.63) is 40.7 Å². The molecule has 1 amide bonds. The molecule has 3 heterocycles. The van der Waals surface area contributed by atoms with Crippen LogP contribution in [-0.2, 0) is 11.2 Å². The first-order valence-corrected chi connectivity index (χ1v) is 10.1. The maximum atomic E-state index is 15.0. The Morgan fingerprint density at radius 3 is 2.46 bits per heavy atom. The van der Waals surface area contributed by atoms with Crippen molar-refractivity contribution in [1.29, 1.82) is 0 Å². The smallest absolute Gasteiger partial charge is 0.340 e. The number of piperazine rings is 1. The van der Waals surface area contributed by atoms with Crippen LogP contribution in [0.5, 0.6) is 0 Å². The van der Waals surface area contributed by atoms with Gasteiger partial charge in [-0.25, -0.2) is 0 Å². The van der Waals surface area contributed by atoms with E-state index in [4.69, 9.17) is 0 Å². The summed E-state index contributed by atoms with van der Waals surface area (Å²) in [6.45, 7) is 12.4. The van der Waals surface area contributed by atoms with Crippen molar-refractivity contribution in [3.8, 4) is 0 Å². The quantitative estimate of drug-likeness (QED) is 0.748. The zero-order valence-corrected chi connectivity index (χ0v) is 17.4. The molecule has 1 aromatic heterocycles. The van der Waals surface area contributed by atoms with Crippen LogP contribution >= 0.6 is 0 Å². The molecular weight excluding hydrogens is 354 g/mol. The third-order valence-electron chi connectivity index (χ3n) is 5.74. The molecule has 28 heavy (non-hydrogen) atoms. The second-order valence-corrected chi connectivity index (χ2v) is 7.67. The van der Waals surface area contributed by atoms with Crippen LogP contribution in [0.2, 0.25) is 0 Å². The number of aryl methyl sites for hydroxylation is 1. The molecule has 2 aliphatic heterocycles. The molecule has 1 saturated heterocycles. The number of nitrogens with zero attached hydrogens (tertiary/aromatic N) is 4. The van der Waals surface area contributed by atoms with Crippen LogP contribution in [0.3, 0.4) is 0 Å². The summed E-state index contributed by atoms with van der Waals surface area (Å²) in [7, 11) is -1.48. The van der Waals surface area contributed by atoms with Crippen LogP contribution < -0.4 is 0 Å². The summed E-state index contributed by atoms with van der Waals surface area (Å²) in [6.07, 6.45) is 4.80. The number of carbonyl (C=O) groups is 1. The largest absolute Gasteiger partial charge is 0.611 e. The topological polar surface area (TPSA) is 40.8 Å². The second kappa shape index (κ2) is 8.90. The van der Waals surface area contributed by atoms with Gasteiger partial charge in [0.15, 0.2) is 0 Å². The van der Waals surface area contributed by atoms with Crippen LogP contribution in [-0.4, -0.2) is 65.9 Å². The molecule has 0 unspecified atom stereocenters. The van der Waals surface area contributed by atoms with E-state index in [-0.39, 0.29) is 5.91 Å². The van der Waals surface area contributed by atoms with E-state index < -0.39 is 7.26 Å². The Kier molecular flexibility index (Phi) is 6.55. The summed E-state index contributed by atoms with van der Waals surface area (Å²) < 4.78 is 16.6. The number of halogens is 1. The molecule has 150 valence electrons. The minimum Gasteiger partial charge on any atom is -0.340 e. The van der Waals surface area contributed by atoms with Gasteiger partial charge in [0.1, 0.15) is 0 Å². The first kappa shape index (κ1) is 20.6. The first-order valence-electron chi connectivity index (χ1n) is 10.1. The van der Waals surface area contributed by atoms with Gasteiger partial charge >= 0.3 is 7.26 Å². The van der Waals surface area contributed by atoms with Crippen molar-refractivity contribution < 1.29 is 9.11 Å². The first-order chi connectivity index (χ1) is 13.4. The Balaban J connectivity index is 1.74. The van der Waals surface area contributed by atoms with Gasteiger partial charge in [0.25, 0.3) is 0 Å². The lowest BCUT2D eigenvalue weighted by Crippen LogP contribution is -2.48. The molecule has 7 heteroatoms. The molecule has 2 aliphatic rings. The Morgan fingerprint density at radius 1 is 1.11 bits per heavy atom. The van der Waals surface area contributed by atoms with Gasteiger partial charge in [-0.1, -0.05) is 6.92 Å². The van der Waals surface area contributed by atoms with E-state index in [0.717, 1.165) is 55.3 Å². The molecule has 0 spiro atoms. The van der Waals surface area contributed by atoms with E-state index in [2.05, 4.69) is 16.7 Å². The van der Waals surface area contributed by atoms with Crippen LogP contribution in [0, 0.1) is 0 Å². The minimum atomic E-state index is -1.48. The van der Waals surface area contributed by atoms with Gasteiger partial charge in [-0.3, -0.25) is 14.0 Å². The molecule has 0 aliphatic carbocycles. The predicted octanol–water partition coefficient (Wildman–Crippen LogP) is 3.21. The number of hydrogen-bond donors (Lipinski definition) is 0. The molecular formula is C21H30BFN4O. The van der Waals surface area contributed by atoms with Gasteiger partial charge in [0, 0.05) is 49.7 Å². The van der Waals surface area contributed by atoms with Gasteiger partial charge in [0.05, 0.1) is 0 Å². The number of rotatable bonds is 4. The molecule has 0 radical (unpaired) electrons. The summed E-state index contributed by atoms with van der Waals surface area (Å²) >= 11 is 0. The van der Waals surface area contributed by atoms with Gasteiger partial charge in [-0.05, 0) is 69.2 Å². The Hall–Kier alpha value is -2.15. The van der Waals surface area contributed by atoms with Crippen molar-refractivity contribution >= 4 is 25.0 Å². The van der Waals surface area contributed by atoms with Crippen molar-refractivity contribution in [2.75, 3.05) is 32.7 Å². The third kappa shape index (κ3) is 4.63. The van der Waals surface area contributed by atoms with Gasteiger partial charge in [-0.15, -0.1) is 0 Å². The van der Waals surface area contributed by atoms with E-state index in [1.54, 1.807) is 4.48 Å². The van der Waals surface area contributed by atoms with Crippen LogP contribution in [0.1, 0.15) is 45.5 Å². The summed E-state index contributed by atoms with van der Waals surface area (Å²) in [5.41, 5.74) is 4.42. The number of fused-ring (bicyclic) bond motifs is 1. The predicted molar refractivity (Wildman–Crippen MR) is 114 cm³/mol. The SMILES string of the molecule is CCN1CCN(C(=O)CCc2ccc3n2B(F)N=C(C)/C=C(/C)C(C)=C3)CC1. The molecule has 0 atom stereocenters. The van der Waals surface area contributed by atoms with Crippen molar-refractivity contribution in [2.24, 2.45) is 4.90 Å². The lowest BCUT2D eigenvalue weighted by atomic mass is 10.0. The zero-order chi connectivity index (χ0) is 20.3. The monoisotopic (exact) mass is 384 g/mol. The standard InChI is InChI=1S/C21H30BFN4O/c1-5-25-10-12-26(13-11-25)21(28)9-8-19-6-7-20-15-17(3)16(2)14-18(4)24-22(23)27(19)20/h6-7,14-15H,5,8-13H2,1-4H3/b16-14-,17-15?,24-18?. The molecule has 0 saturated carbocycles. The maximum Gasteiger partial charge on any atom is 0.611 e. The Labute approximate surface area is 167 Å². The second-order valence-electron chi connectivity index (χ2n) is 7.67. The normalized spacial score (nSPS) is 20.4. The molecule has 3 rings (SSSR count). The Bertz CT molecular complexity index is 818. The average Bonchev–Trinajstić information content (AvgIpc) is 3.08. The van der Waals surface area contributed by atoms with Gasteiger partial charge < -0.3 is 14.3 Å². The van der Waals surface area contributed by atoms with Crippen LogP contribution in [0.15, 0.2) is 34.3 Å². The number of amides is 1. The number of likely N-dealkylation sites (N-methyl/N-ethyl adjacent to an activating group) is 1. The average molecular weight is 384 g/mol. The highest BCUT2D eigenvalue weighted by molar-refractivity contribution is 6.50. The van der Waals surface area contributed by atoms with E-state index in [1.807, 2.05) is 50.0 Å². The highest BCUT2D eigenvalue weighted by Gasteiger charge is 2.25. The highest BCUT2D eigenvalue weighted by atomic mass is 19.1.